The van der Waals surface area contributed by atoms with Crippen molar-refractivity contribution in [1.29, 1.82) is 0 Å². The molecular formula is C13H16N2O7S2. The lowest BCUT2D eigenvalue weighted by Crippen LogP contribution is -2.21. The number of carbonyl (C=O) groups excluding carboxylic acids is 1. The van der Waals surface area contributed by atoms with Crippen molar-refractivity contribution in [2.45, 2.75) is 37.0 Å². The Morgan fingerprint density at radius 3 is 1.79 bits per heavy atom. The van der Waals surface area contributed by atoms with Gasteiger partial charge >= 0.3 is 0 Å². The van der Waals surface area contributed by atoms with Gasteiger partial charge in [-0.25, -0.2) is 5.01 Å². The van der Waals surface area contributed by atoms with E-state index in [0.717, 1.165) is 17.1 Å². The molecule has 132 valence electrons. The summed E-state index contributed by atoms with van der Waals surface area (Å²) in [5.41, 5.74) is -0.0862. The molecule has 0 aromatic heterocycles. The second-order valence-corrected chi connectivity index (χ2v) is 9.13. The predicted octanol–water partition coefficient (Wildman–Crippen LogP) is 1.32. The van der Waals surface area contributed by atoms with Crippen LogP contribution in [0.15, 0.2) is 33.1 Å². The Bertz CT molecular complexity index is 891. The molecule has 0 aliphatic carbocycles. The molecule has 0 fully saturated rings. The average molecular weight is 376 g/mol. The van der Waals surface area contributed by atoms with Crippen molar-refractivity contribution in [2.75, 3.05) is 5.01 Å². The highest BCUT2D eigenvalue weighted by molar-refractivity contribution is 7.86. The smallest absolute Gasteiger partial charge is 0.282 e. The number of carbonyl (C=O) groups is 1. The van der Waals surface area contributed by atoms with Gasteiger partial charge in [-0.15, -0.1) is 0 Å². The van der Waals surface area contributed by atoms with E-state index in [1.54, 1.807) is 0 Å². The van der Waals surface area contributed by atoms with Crippen molar-refractivity contribution in [3.05, 3.63) is 18.2 Å². The Balaban J connectivity index is 2.67. The standard InChI is InChI=1S/C13H16N2O7S2/c1-13(2,3)11-7-12(16)15(14-11)8-4-9(23(17,18)19)6-10(5-8)24(20,21)22/h4-6H,7H2,1-3H3,(H,17,18,19)(H,20,21,22). The van der Waals surface area contributed by atoms with Crippen LogP contribution in [0.5, 0.6) is 0 Å². The van der Waals surface area contributed by atoms with E-state index < -0.39 is 41.3 Å². The van der Waals surface area contributed by atoms with E-state index in [-0.39, 0.29) is 12.1 Å². The molecule has 24 heavy (non-hydrogen) atoms. The number of hydrogen-bond donors (Lipinski definition) is 2. The van der Waals surface area contributed by atoms with Crippen molar-refractivity contribution >= 4 is 37.5 Å². The minimum Gasteiger partial charge on any atom is -0.282 e. The van der Waals surface area contributed by atoms with Gasteiger partial charge in [0.1, 0.15) is 0 Å². The first-order valence-corrected chi connectivity index (χ1v) is 9.58. The molecule has 2 rings (SSSR count). The monoisotopic (exact) mass is 376 g/mol. The molecule has 0 saturated carbocycles. The highest BCUT2D eigenvalue weighted by atomic mass is 32.2. The number of hydrazone groups is 1. The molecule has 0 atom stereocenters. The fourth-order valence-electron chi connectivity index (χ4n) is 2.02. The van der Waals surface area contributed by atoms with Crippen LogP contribution >= 0.6 is 0 Å². The minimum atomic E-state index is -4.76. The molecule has 1 heterocycles. The third kappa shape index (κ3) is 3.80. The molecule has 1 aliphatic heterocycles. The fourth-order valence-corrected chi connectivity index (χ4v) is 3.19. The number of hydrogen-bond acceptors (Lipinski definition) is 6. The summed E-state index contributed by atoms with van der Waals surface area (Å²) in [6, 6.07) is 2.39. The largest absolute Gasteiger partial charge is 0.294 e. The van der Waals surface area contributed by atoms with E-state index in [0.29, 0.717) is 11.8 Å². The predicted molar refractivity (Wildman–Crippen MR) is 85.1 cm³/mol. The van der Waals surface area contributed by atoms with Crippen molar-refractivity contribution in [2.24, 2.45) is 10.5 Å². The molecule has 0 spiro atoms. The van der Waals surface area contributed by atoms with E-state index >= 15 is 0 Å². The Morgan fingerprint density at radius 1 is 1.00 bits per heavy atom. The average Bonchev–Trinajstić information content (AvgIpc) is 2.78. The van der Waals surface area contributed by atoms with Gasteiger partial charge in [-0.05, 0) is 18.2 Å². The SMILES string of the molecule is CC(C)(C)C1=NN(c2cc(S(=O)(=O)O)cc(S(=O)(=O)O)c2)C(=O)C1. The second-order valence-electron chi connectivity index (χ2n) is 6.29. The van der Waals surface area contributed by atoms with E-state index in [2.05, 4.69) is 5.10 Å². The van der Waals surface area contributed by atoms with Crippen LogP contribution in [0.2, 0.25) is 0 Å². The topological polar surface area (TPSA) is 141 Å². The Kier molecular flexibility index (Phi) is 4.34. The molecule has 11 heteroatoms. The Hall–Kier alpha value is -1.82. The van der Waals surface area contributed by atoms with Crippen LogP contribution in [0.25, 0.3) is 0 Å². The molecule has 9 nitrogen and oxygen atoms in total. The molecule has 0 radical (unpaired) electrons. The number of anilines is 1. The maximum atomic E-state index is 12.1. The lowest BCUT2D eigenvalue weighted by Gasteiger charge is -2.17. The van der Waals surface area contributed by atoms with Gasteiger partial charge in [0.2, 0.25) is 0 Å². The molecule has 1 aliphatic rings. The number of nitrogens with zero attached hydrogens (tertiary/aromatic N) is 2. The normalized spacial score (nSPS) is 16.5. The molecular weight excluding hydrogens is 360 g/mol. The summed E-state index contributed by atoms with van der Waals surface area (Å²) in [5, 5.41) is 4.96. The summed E-state index contributed by atoms with van der Waals surface area (Å²) in [5.74, 6) is -0.492. The molecule has 1 amide bonds. The Morgan fingerprint density at radius 2 is 1.46 bits per heavy atom. The summed E-state index contributed by atoms with van der Waals surface area (Å²) in [6.45, 7) is 5.50. The first-order valence-electron chi connectivity index (χ1n) is 6.70. The molecule has 2 N–H and O–H groups in total. The minimum absolute atomic E-state index is 0.0131. The lowest BCUT2D eigenvalue weighted by atomic mass is 9.88. The second kappa shape index (κ2) is 5.62. The third-order valence-corrected chi connectivity index (χ3v) is 5.01. The first kappa shape index (κ1) is 18.5. The fraction of sp³-hybridized carbons (Fsp3) is 0.385. The van der Waals surface area contributed by atoms with Gasteiger partial charge in [-0.1, -0.05) is 20.8 Å². The summed E-state index contributed by atoms with van der Waals surface area (Å²) < 4.78 is 63.6. The van der Waals surface area contributed by atoms with Crippen LogP contribution in [0, 0.1) is 5.41 Å². The molecule has 1 aromatic carbocycles. The van der Waals surface area contributed by atoms with Crippen LogP contribution in [-0.2, 0) is 25.0 Å². The van der Waals surface area contributed by atoms with Crippen LogP contribution < -0.4 is 5.01 Å². The zero-order chi connectivity index (χ0) is 18.5. The molecule has 0 unspecified atom stereocenters. The van der Waals surface area contributed by atoms with E-state index in [4.69, 9.17) is 9.11 Å². The number of benzene rings is 1. The highest BCUT2D eigenvalue weighted by Crippen LogP contribution is 2.31. The van der Waals surface area contributed by atoms with Gasteiger partial charge in [0, 0.05) is 5.41 Å². The quantitative estimate of drug-likeness (QED) is 0.758. The van der Waals surface area contributed by atoms with Gasteiger partial charge in [0.25, 0.3) is 26.1 Å². The van der Waals surface area contributed by atoms with Crippen molar-refractivity contribution in [3.8, 4) is 0 Å². The van der Waals surface area contributed by atoms with Crippen LogP contribution in [0.4, 0.5) is 5.69 Å². The van der Waals surface area contributed by atoms with Crippen molar-refractivity contribution in [3.63, 3.8) is 0 Å². The zero-order valence-electron chi connectivity index (χ0n) is 13.1. The summed E-state index contributed by atoms with van der Waals surface area (Å²) in [4.78, 5) is 10.6. The van der Waals surface area contributed by atoms with Crippen molar-refractivity contribution < 1.29 is 30.7 Å². The van der Waals surface area contributed by atoms with Gasteiger partial charge in [-0.2, -0.15) is 21.9 Å². The number of rotatable bonds is 3. The lowest BCUT2D eigenvalue weighted by molar-refractivity contribution is -0.117. The maximum Gasteiger partial charge on any atom is 0.294 e. The van der Waals surface area contributed by atoms with Crippen molar-refractivity contribution in [1.82, 2.24) is 0 Å². The summed E-state index contributed by atoms with van der Waals surface area (Å²) in [6.07, 6.45) is -0.0131. The van der Waals surface area contributed by atoms with Crippen LogP contribution in [0.3, 0.4) is 0 Å². The zero-order valence-corrected chi connectivity index (χ0v) is 14.7. The molecule has 0 saturated heterocycles. The van der Waals surface area contributed by atoms with Gasteiger partial charge in [0.05, 0.1) is 27.6 Å². The number of amides is 1. The van der Waals surface area contributed by atoms with E-state index in [1.807, 2.05) is 20.8 Å². The third-order valence-electron chi connectivity index (χ3n) is 3.35. The Labute approximate surface area is 139 Å². The van der Waals surface area contributed by atoms with Gasteiger partial charge in [0.15, 0.2) is 0 Å². The van der Waals surface area contributed by atoms with Gasteiger partial charge in [-0.3, -0.25) is 13.9 Å². The molecule has 1 aromatic rings. The highest BCUT2D eigenvalue weighted by Gasteiger charge is 2.33. The summed E-state index contributed by atoms with van der Waals surface area (Å²) >= 11 is 0. The first-order chi connectivity index (χ1) is 10.7. The van der Waals surface area contributed by atoms with Gasteiger partial charge < -0.3 is 0 Å². The van der Waals surface area contributed by atoms with Crippen LogP contribution in [0.1, 0.15) is 27.2 Å². The maximum absolute atomic E-state index is 12.1. The molecule has 0 bridgehead atoms. The summed E-state index contributed by atoms with van der Waals surface area (Å²) in [7, 11) is -9.52. The van der Waals surface area contributed by atoms with E-state index in [1.165, 1.54) is 0 Å². The van der Waals surface area contributed by atoms with E-state index in [9.17, 15) is 21.6 Å². The van der Waals surface area contributed by atoms with Crippen LogP contribution in [-0.4, -0.2) is 37.6 Å².